The summed E-state index contributed by atoms with van der Waals surface area (Å²) in [4.78, 5) is 9.58. The Morgan fingerprint density at radius 3 is 2.17 bits per heavy atom. The highest BCUT2D eigenvalue weighted by molar-refractivity contribution is 5.56. The van der Waals surface area contributed by atoms with Crippen molar-refractivity contribution in [2.45, 2.75) is 32.7 Å². The highest BCUT2D eigenvalue weighted by Crippen LogP contribution is 2.25. The fourth-order valence-electron chi connectivity index (χ4n) is 3.08. The number of likely N-dealkylation sites (N-methyl/N-ethyl adjacent to an activating group) is 1. The molecule has 0 bridgehead atoms. The van der Waals surface area contributed by atoms with Crippen molar-refractivity contribution in [2.75, 3.05) is 33.2 Å². The number of rotatable bonds is 3. The van der Waals surface area contributed by atoms with E-state index >= 15 is 0 Å². The molecule has 3 rings (SSSR count). The summed E-state index contributed by atoms with van der Waals surface area (Å²) in [5.74, 6) is 1.86. The smallest absolute Gasteiger partial charge is 0.165 e. The van der Waals surface area contributed by atoms with Gasteiger partial charge >= 0.3 is 0 Å². The summed E-state index contributed by atoms with van der Waals surface area (Å²) in [7, 11) is 4.16. The first-order valence-electron chi connectivity index (χ1n) is 8.74. The number of hydrogen-bond donors (Lipinski definition) is 0. The van der Waals surface area contributed by atoms with Crippen molar-refractivity contribution in [2.24, 2.45) is 7.05 Å². The van der Waals surface area contributed by atoms with E-state index in [2.05, 4.69) is 67.0 Å². The molecule has 1 aliphatic rings. The third kappa shape index (κ3) is 3.84. The summed E-state index contributed by atoms with van der Waals surface area (Å²) in [6, 6.07) is 8.71. The molecule has 1 aromatic heterocycles. The number of benzene rings is 1. The van der Waals surface area contributed by atoms with Gasteiger partial charge in [-0.2, -0.15) is 5.10 Å². The second kappa shape index (κ2) is 6.65. The molecule has 1 fully saturated rings. The lowest BCUT2D eigenvalue weighted by atomic mass is 9.87. The molecule has 1 aromatic carbocycles. The van der Waals surface area contributed by atoms with E-state index in [9.17, 15) is 0 Å². The molecule has 0 aliphatic carbocycles. The molecule has 0 radical (unpaired) electrons. The monoisotopic (exact) mass is 327 g/mol. The molecule has 130 valence electrons. The van der Waals surface area contributed by atoms with Crippen molar-refractivity contribution >= 4 is 0 Å². The van der Waals surface area contributed by atoms with Gasteiger partial charge in [-0.05, 0) is 18.0 Å². The second-order valence-electron chi connectivity index (χ2n) is 7.88. The first-order valence-corrected chi connectivity index (χ1v) is 8.74. The lowest BCUT2D eigenvalue weighted by Gasteiger charge is -2.31. The van der Waals surface area contributed by atoms with Gasteiger partial charge in [0.2, 0.25) is 0 Å². The van der Waals surface area contributed by atoms with Gasteiger partial charge in [0.1, 0.15) is 0 Å². The van der Waals surface area contributed by atoms with Gasteiger partial charge in [-0.15, -0.1) is 0 Å². The maximum atomic E-state index is 4.78. The molecule has 2 aromatic rings. The highest BCUT2D eigenvalue weighted by Gasteiger charge is 2.18. The molecule has 0 N–H and O–H groups in total. The lowest BCUT2D eigenvalue weighted by Crippen LogP contribution is -2.44. The van der Waals surface area contributed by atoms with Gasteiger partial charge in [-0.1, -0.05) is 45.0 Å². The number of nitrogens with zero attached hydrogens (tertiary/aromatic N) is 5. The van der Waals surface area contributed by atoms with Gasteiger partial charge < -0.3 is 4.90 Å². The van der Waals surface area contributed by atoms with Crippen LogP contribution < -0.4 is 0 Å². The molecule has 24 heavy (non-hydrogen) atoms. The van der Waals surface area contributed by atoms with Gasteiger partial charge in [0, 0.05) is 38.8 Å². The molecule has 2 heterocycles. The fraction of sp³-hybridized carbons (Fsp3) is 0.579. The topological polar surface area (TPSA) is 37.2 Å². The third-order valence-electron chi connectivity index (χ3n) is 4.78. The van der Waals surface area contributed by atoms with E-state index in [-0.39, 0.29) is 5.41 Å². The zero-order valence-corrected chi connectivity index (χ0v) is 15.6. The van der Waals surface area contributed by atoms with Crippen LogP contribution in [0.4, 0.5) is 0 Å². The minimum atomic E-state index is 0.172. The van der Waals surface area contributed by atoms with Crippen LogP contribution in [0.2, 0.25) is 0 Å². The first kappa shape index (κ1) is 17.1. The normalized spacial score (nSPS) is 17.4. The van der Waals surface area contributed by atoms with Gasteiger partial charge in [0.25, 0.3) is 0 Å². The molecular formula is C19H29N5. The zero-order valence-electron chi connectivity index (χ0n) is 15.6. The Morgan fingerprint density at radius 2 is 1.58 bits per heavy atom. The first-order chi connectivity index (χ1) is 11.3. The van der Waals surface area contributed by atoms with Crippen molar-refractivity contribution in [1.29, 1.82) is 0 Å². The van der Waals surface area contributed by atoms with Crippen LogP contribution in [-0.4, -0.2) is 57.8 Å². The average Bonchev–Trinajstić information content (AvgIpc) is 2.89. The zero-order chi connectivity index (χ0) is 17.3. The van der Waals surface area contributed by atoms with E-state index in [1.807, 2.05) is 11.7 Å². The Balaban J connectivity index is 1.74. The molecule has 1 saturated heterocycles. The summed E-state index contributed by atoms with van der Waals surface area (Å²) in [6.07, 6.45) is 0. The van der Waals surface area contributed by atoms with Crippen molar-refractivity contribution in [3.63, 3.8) is 0 Å². The van der Waals surface area contributed by atoms with Gasteiger partial charge in [-0.3, -0.25) is 4.90 Å². The standard InChI is InChI=1S/C19H29N5/c1-19(2,3)16-8-6-15(7-9-16)18-20-17(21-23(18)5)14-24-12-10-22(4)11-13-24/h6-9H,10-14H2,1-5H3. The van der Waals surface area contributed by atoms with Gasteiger partial charge in [0.05, 0.1) is 6.54 Å². The van der Waals surface area contributed by atoms with Crippen LogP contribution in [-0.2, 0) is 19.0 Å². The van der Waals surface area contributed by atoms with E-state index < -0.39 is 0 Å². The molecule has 5 nitrogen and oxygen atoms in total. The molecule has 5 heteroatoms. The SMILES string of the molecule is CN1CCN(Cc2nc(-c3ccc(C(C)(C)C)cc3)n(C)n2)CC1. The molecular weight excluding hydrogens is 298 g/mol. The maximum absolute atomic E-state index is 4.78. The highest BCUT2D eigenvalue weighted by atomic mass is 15.4. The minimum absolute atomic E-state index is 0.172. The van der Waals surface area contributed by atoms with E-state index in [1.54, 1.807) is 0 Å². The Labute approximate surface area is 145 Å². The van der Waals surface area contributed by atoms with Crippen LogP contribution in [0.15, 0.2) is 24.3 Å². The Hall–Kier alpha value is -1.72. The summed E-state index contributed by atoms with van der Waals surface area (Å²) in [6.45, 7) is 12.0. The average molecular weight is 327 g/mol. The van der Waals surface area contributed by atoms with Crippen LogP contribution >= 0.6 is 0 Å². The third-order valence-corrected chi connectivity index (χ3v) is 4.78. The van der Waals surface area contributed by atoms with Crippen molar-refractivity contribution < 1.29 is 0 Å². The lowest BCUT2D eigenvalue weighted by molar-refractivity contribution is 0.145. The molecule has 0 amide bonds. The fourth-order valence-corrected chi connectivity index (χ4v) is 3.08. The molecule has 0 unspecified atom stereocenters. The number of aryl methyl sites for hydroxylation is 1. The van der Waals surface area contributed by atoms with Gasteiger partial charge in [-0.25, -0.2) is 9.67 Å². The van der Waals surface area contributed by atoms with Crippen molar-refractivity contribution in [3.8, 4) is 11.4 Å². The van der Waals surface area contributed by atoms with Crippen molar-refractivity contribution in [1.82, 2.24) is 24.6 Å². The maximum Gasteiger partial charge on any atom is 0.165 e. The Morgan fingerprint density at radius 1 is 0.958 bits per heavy atom. The van der Waals surface area contributed by atoms with E-state index in [4.69, 9.17) is 4.98 Å². The summed E-state index contributed by atoms with van der Waals surface area (Å²) >= 11 is 0. The number of aromatic nitrogens is 3. The van der Waals surface area contributed by atoms with Crippen LogP contribution in [0, 0.1) is 0 Å². The van der Waals surface area contributed by atoms with Crippen LogP contribution in [0.25, 0.3) is 11.4 Å². The van der Waals surface area contributed by atoms with Gasteiger partial charge in [0.15, 0.2) is 11.6 Å². The van der Waals surface area contributed by atoms with E-state index in [0.29, 0.717) is 0 Å². The Bertz CT molecular complexity index is 673. The molecule has 0 spiro atoms. The molecule has 0 saturated carbocycles. The van der Waals surface area contributed by atoms with E-state index in [1.165, 1.54) is 5.56 Å². The van der Waals surface area contributed by atoms with E-state index in [0.717, 1.165) is 49.9 Å². The summed E-state index contributed by atoms with van der Waals surface area (Å²) in [5.41, 5.74) is 2.64. The number of hydrogen-bond acceptors (Lipinski definition) is 4. The quantitative estimate of drug-likeness (QED) is 0.868. The van der Waals surface area contributed by atoms with Crippen LogP contribution in [0.3, 0.4) is 0 Å². The molecule has 0 atom stereocenters. The second-order valence-corrected chi connectivity index (χ2v) is 7.88. The minimum Gasteiger partial charge on any atom is -0.304 e. The summed E-state index contributed by atoms with van der Waals surface area (Å²) in [5, 5.41) is 4.62. The van der Waals surface area contributed by atoms with Crippen LogP contribution in [0.5, 0.6) is 0 Å². The predicted molar refractivity (Wildman–Crippen MR) is 97.9 cm³/mol. The summed E-state index contributed by atoms with van der Waals surface area (Å²) < 4.78 is 1.90. The van der Waals surface area contributed by atoms with Crippen molar-refractivity contribution in [3.05, 3.63) is 35.7 Å². The molecule has 1 aliphatic heterocycles. The predicted octanol–water partition coefficient (Wildman–Crippen LogP) is 2.53. The van der Waals surface area contributed by atoms with Crippen LogP contribution in [0.1, 0.15) is 32.2 Å². The largest absolute Gasteiger partial charge is 0.304 e. The Kier molecular flexibility index (Phi) is 4.74. The number of piperazine rings is 1.